The van der Waals surface area contributed by atoms with Gasteiger partial charge in [0, 0.05) is 19.5 Å². The monoisotopic (exact) mass is 197 g/mol. The number of carbonyl (C=O) groups is 1. The fourth-order valence-electron chi connectivity index (χ4n) is 1.18. The summed E-state index contributed by atoms with van der Waals surface area (Å²) in [7, 11) is 0. The molecule has 1 N–H and O–H groups in total. The van der Waals surface area contributed by atoms with Gasteiger partial charge in [0.05, 0.1) is 12.6 Å². The zero-order valence-corrected chi connectivity index (χ0v) is 9.05. The van der Waals surface area contributed by atoms with E-state index in [4.69, 9.17) is 5.26 Å². The Morgan fingerprint density at radius 3 is 2.57 bits per heavy atom. The molecule has 0 heterocycles. The fraction of sp³-hybridized carbons (Fsp3) is 0.800. The number of unbranched alkanes of at least 4 members (excludes halogenated alkanes) is 1. The normalized spacial score (nSPS) is 9.50. The maximum atomic E-state index is 11.4. The molecule has 0 atom stereocenters. The highest BCUT2D eigenvalue weighted by atomic mass is 16.2. The summed E-state index contributed by atoms with van der Waals surface area (Å²) in [5.74, 6) is 0.131. The van der Waals surface area contributed by atoms with Crippen molar-refractivity contribution < 1.29 is 4.79 Å². The van der Waals surface area contributed by atoms with Crippen LogP contribution in [0.2, 0.25) is 0 Å². The molecule has 4 heteroatoms. The number of nitriles is 1. The van der Waals surface area contributed by atoms with Crippen LogP contribution in [0.5, 0.6) is 0 Å². The third kappa shape index (κ3) is 5.55. The van der Waals surface area contributed by atoms with Gasteiger partial charge in [0.25, 0.3) is 0 Å². The van der Waals surface area contributed by atoms with Gasteiger partial charge in [-0.2, -0.15) is 5.26 Å². The number of nitrogens with zero attached hydrogens (tertiary/aromatic N) is 2. The molecule has 0 aliphatic carbocycles. The number of hydrogen-bond acceptors (Lipinski definition) is 3. The summed E-state index contributed by atoms with van der Waals surface area (Å²) in [6.45, 7) is 6.58. The maximum absolute atomic E-state index is 11.4. The zero-order valence-electron chi connectivity index (χ0n) is 9.05. The lowest BCUT2D eigenvalue weighted by atomic mass is 10.3. The molecular formula is C10H19N3O. The highest BCUT2D eigenvalue weighted by Crippen LogP contribution is 1.88. The van der Waals surface area contributed by atoms with Gasteiger partial charge in [0.1, 0.15) is 0 Å². The largest absolute Gasteiger partial charge is 0.342 e. The molecule has 0 unspecified atom stereocenters. The maximum Gasteiger partial charge on any atom is 0.236 e. The summed E-state index contributed by atoms with van der Waals surface area (Å²) in [5.41, 5.74) is 0. The van der Waals surface area contributed by atoms with E-state index < -0.39 is 0 Å². The summed E-state index contributed by atoms with van der Waals surface area (Å²) in [4.78, 5) is 13.2. The number of nitrogens with one attached hydrogen (secondary N) is 1. The van der Waals surface area contributed by atoms with E-state index in [1.807, 2.05) is 13.8 Å². The van der Waals surface area contributed by atoms with E-state index in [-0.39, 0.29) is 5.91 Å². The molecule has 0 spiro atoms. The molecule has 0 bridgehead atoms. The van der Waals surface area contributed by atoms with Crippen LogP contribution in [-0.4, -0.2) is 37.0 Å². The minimum absolute atomic E-state index is 0.131. The summed E-state index contributed by atoms with van der Waals surface area (Å²) in [6, 6.07) is 2.07. The lowest BCUT2D eigenvalue weighted by molar-refractivity contribution is -0.129. The topological polar surface area (TPSA) is 56.1 Å². The van der Waals surface area contributed by atoms with Crippen LogP contribution in [-0.2, 0) is 4.79 Å². The van der Waals surface area contributed by atoms with Crippen molar-refractivity contribution in [3.05, 3.63) is 0 Å². The zero-order chi connectivity index (χ0) is 10.8. The molecule has 0 saturated carbocycles. The Balaban J connectivity index is 3.48. The minimum Gasteiger partial charge on any atom is -0.342 e. The van der Waals surface area contributed by atoms with Crippen molar-refractivity contribution in [1.29, 1.82) is 5.26 Å². The number of hydrogen-bond donors (Lipinski definition) is 1. The first-order chi connectivity index (χ1) is 6.76. The molecule has 0 saturated heterocycles. The molecule has 0 radical (unpaired) electrons. The Hall–Kier alpha value is -1.08. The number of amides is 1. The van der Waals surface area contributed by atoms with E-state index in [0.717, 1.165) is 26.1 Å². The van der Waals surface area contributed by atoms with Crippen LogP contribution in [0.4, 0.5) is 0 Å². The fourth-order valence-corrected chi connectivity index (χ4v) is 1.18. The van der Waals surface area contributed by atoms with Crippen molar-refractivity contribution in [3.63, 3.8) is 0 Å². The second kappa shape index (κ2) is 8.52. The third-order valence-corrected chi connectivity index (χ3v) is 2.03. The van der Waals surface area contributed by atoms with Crippen LogP contribution < -0.4 is 5.32 Å². The highest BCUT2D eigenvalue weighted by molar-refractivity contribution is 5.78. The van der Waals surface area contributed by atoms with Crippen molar-refractivity contribution in [2.24, 2.45) is 0 Å². The molecule has 0 rings (SSSR count). The predicted molar refractivity (Wildman–Crippen MR) is 55.6 cm³/mol. The van der Waals surface area contributed by atoms with Crippen LogP contribution in [0.25, 0.3) is 0 Å². The first-order valence-corrected chi connectivity index (χ1v) is 5.11. The summed E-state index contributed by atoms with van der Waals surface area (Å²) in [5, 5.41) is 11.3. The number of rotatable bonds is 7. The first-order valence-electron chi connectivity index (χ1n) is 5.11. The molecular weight excluding hydrogens is 178 g/mol. The summed E-state index contributed by atoms with van der Waals surface area (Å²) < 4.78 is 0. The van der Waals surface area contributed by atoms with Crippen LogP contribution in [0.1, 0.15) is 26.7 Å². The first kappa shape index (κ1) is 12.9. The quantitative estimate of drug-likeness (QED) is 0.613. The highest BCUT2D eigenvalue weighted by Gasteiger charge is 2.07. The van der Waals surface area contributed by atoms with Crippen molar-refractivity contribution in [1.82, 2.24) is 10.2 Å². The smallest absolute Gasteiger partial charge is 0.236 e. The molecule has 0 aliphatic rings. The molecule has 0 fully saturated rings. The summed E-state index contributed by atoms with van der Waals surface area (Å²) in [6.07, 6.45) is 1.36. The average molecular weight is 197 g/mol. The van der Waals surface area contributed by atoms with Crippen molar-refractivity contribution in [2.45, 2.75) is 26.7 Å². The molecule has 14 heavy (non-hydrogen) atoms. The molecule has 1 amide bonds. The molecule has 0 aromatic carbocycles. The molecule has 80 valence electrons. The van der Waals surface area contributed by atoms with Crippen LogP contribution in [0.3, 0.4) is 0 Å². The van der Waals surface area contributed by atoms with E-state index in [9.17, 15) is 4.79 Å². The van der Waals surface area contributed by atoms with Gasteiger partial charge >= 0.3 is 0 Å². The van der Waals surface area contributed by atoms with Gasteiger partial charge in [-0.25, -0.2) is 0 Å². The number of carbonyl (C=O) groups excluding carboxylic acids is 1. The Morgan fingerprint density at radius 1 is 1.43 bits per heavy atom. The lowest BCUT2D eigenvalue weighted by Gasteiger charge is -2.18. The second-order valence-corrected chi connectivity index (χ2v) is 3.00. The van der Waals surface area contributed by atoms with E-state index in [0.29, 0.717) is 13.0 Å². The Morgan fingerprint density at radius 2 is 2.07 bits per heavy atom. The predicted octanol–water partition coefficient (Wildman–Crippen LogP) is 0.748. The molecule has 0 aliphatic heterocycles. The van der Waals surface area contributed by atoms with Crippen molar-refractivity contribution >= 4 is 5.91 Å². The van der Waals surface area contributed by atoms with Gasteiger partial charge < -0.3 is 10.2 Å². The van der Waals surface area contributed by atoms with Gasteiger partial charge in [-0.3, -0.25) is 4.79 Å². The molecule has 0 aromatic heterocycles. The van der Waals surface area contributed by atoms with Gasteiger partial charge in [-0.15, -0.1) is 0 Å². The average Bonchev–Trinajstić information content (AvgIpc) is 2.19. The molecule has 4 nitrogen and oxygen atoms in total. The third-order valence-electron chi connectivity index (χ3n) is 2.03. The Kier molecular flexibility index (Phi) is 7.86. The lowest BCUT2D eigenvalue weighted by Crippen LogP contribution is -2.38. The van der Waals surface area contributed by atoms with Crippen LogP contribution >= 0.6 is 0 Å². The number of likely N-dealkylation sites (N-methyl/N-ethyl adjacent to an activating group) is 1. The van der Waals surface area contributed by atoms with E-state index in [1.165, 1.54) is 0 Å². The van der Waals surface area contributed by atoms with E-state index >= 15 is 0 Å². The summed E-state index contributed by atoms with van der Waals surface area (Å²) >= 11 is 0. The van der Waals surface area contributed by atoms with Gasteiger partial charge in [-0.1, -0.05) is 0 Å². The second-order valence-electron chi connectivity index (χ2n) is 3.00. The van der Waals surface area contributed by atoms with Gasteiger partial charge in [0.2, 0.25) is 5.91 Å². The SMILES string of the molecule is CCN(CC)C(=O)CNCCCC#N. The minimum atomic E-state index is 0.131. The Labute approximate surface area is 85.9 Å². The Bertz CT molecular complexity index is 194. The van der Waals surface area contributed by atoms with Crippen LogP contribution in [0, 0.1) is 11.3 Å². The van der Waals surface area contributed by atoms with Gasteiger partial charge in [-0.05, 0) is 26.8 Å². The van der Waals surface area contributed by atoms with Gasteiger partial charge in [0.15, 0.2) is 0 Å². The van der Waals surface area contributed by atoms with Crippen molar-refractivity contribution in [3.8, 4) is 6.07 Å². The van der Waals surface area contributed by atoms with Crippen molar-refractivity contribution in [2.75, 3.05) is 26.2 Å². The molecule has 0 aromatic rings. The van der Waals surface area contributed by atoms with E-state index in [1.54, 1.807) is 4.90 Å². The van der Waals surface area contributed by atoms with Crippen LogP contribution in [0.15, 0.2) is 0 Å². The standard InChI is InChI=1S/C10H19N3O/c1-3-13(4-2)10(14)9-12-8-6-5-7-11/h12H,3-6,8-9H2,1-2H3. The van der Waals surface area contributed by atoms with E-state index in [2.05, 4.69) is 11.4 Å².